The lowest BCUT2D eigenvalue weighted by molar-refractivity contribution is 0.00142. The fourth-order valence-corrected chi connectivity index (χ4v) is 2.45. The van der Waals surface area contributed by atoms with Crippen LogP contribution >= 0.6 is 23.2 Å². The summed E-state index contributed by atoms with van der Waals surface area (Å²) in [5, 5.41) is 12.9. The van der Waals surface area contributed by atoms with Crippen molar-refractivity contribution in [1.29, 1.82) is 0 Å². The van der Waals surface area contributed by atoms with Crippen molar-refractivity contribution in [2.24, 2.45) is 10.9 Å². The summed E-state index contributed by atoms with van der Waals surface area (Å²) in [6.45, 7) is 2.55. The predicted molar refractivity (Wildman–Crippen MR) is 74.9 cm³/mol. The normalized spacial score (nSPS) is 21.6. The smallest absolute Gasteiger partial charge is 0.169 e. The van der Waals surface area contributed by atoms with Gasteiger partial charge in [-0.2, -0.15) is 0 Å². The van der Waals surface area contributed by atoms with Crippen LogP contribution in [0.1, 0.15) is 5.56 Å². The van der Waals surface area contributed by atoms with Crippen molar-refractivity contribution in [2.75, 3.05) is 19.7 Å². The Balaban J connectivity index is 2.02. The zero-order valence-corrected chi connectivity index (χ0v) is 11.7. The standard InChI is InChI=1S/C12H15Cl2N3O2/c13-9-2-1-8(10(14)5-9)6-17-3-4-19-11(7-17)12(15)16-18/h1-2,5,11,18H,3-4,6-7H2,(H2,15,16). The quantitative estimate of drug-likeness (QED) is 0.387. The van der Waals surface area contributed by atoms with Gasteiger partial charge in [0.2, 0.25) is 0 Å². The first-order chi connectivity index (χ1) is 9.10. The molecule has 1 saturated heterocycles. The van der Waals surface area contributed by atoms with Gasteiger partial charge in [0, 0.05) is 29.7 Å². The highest BCUT2D eigenvalue weighted by molar-refractivity contribution is 6.35. The fourth-order valence-electron chi connectivity index (χ4n) is 1.98. The van der Waals surface area contributed by atoms with E-state index in [-0.39, 0.29) is 11.9 Å². The van der Waals surface area contributed by atoms with E-state index in [0.717, 1.165) is 12.1 Å². The van der Waals surface area contributed by atoms with Gasteiger partial charge < -0.3 is 15.7 Å². The Kier molecular flexibility index (Phi) is 4.87. The first kappa shape index (κ1) is 14.4. The van der Waals surface area contributed by atoms with Crippen LogP contribution in [0.5, 0.6) is 0 Å². The average Bonchev–Trinajstić information content (AvgIpc) is 2.41. The summed E-state index contributed by atoms with van der Waals surface area (Å²) in [6.07, 6.45) is -0.384. The van der Waals surface area contributed by atoms with Crippen LogP contribution in [0.25, 0.3) is 0 Å². The molecule has 0 amide bonds. The summed E-state index contributed by atoms with van der Waals surface area (Å²) in [5.74, 6) is 0.0897. The lowest BCUT2D eigenvalue weighted by atomic mass is 10.2. The maximum atomic E-state index is 8.67. The number of oxime groups is 1. The molecule has 1 aliphatic rings. The number of ether oxygens (including phenoxy) is 1. The minimum Gasteiger partial charge on any atom is -0.409 e. The molecule has 0 saturated carbocycles. The van der Waals surface area contributed by atoms with E-state index < -0.39 is 0 Å². The molecule has 19 heavy (non-hydrogen) atoms. The van der Waals surface area contributed by atoms with Crippen molar-refractivity contribution in [1.82, 2.24) is 4.90 Å². The average molecular weight is 304 g/mol. The van der Waals surface area contributed by atoms with E-state index in [4.69, 9.17) is 38.9 Å². The zero-order chi connectivity index (χ0) is 13.8. The molecule has 1 atom stereocenters. The largest absolute Gasteiger partial charge is 0.409 e. The van der Waals surface area contributed by atoms with Crippen LogP contribution in [0, 0.1) is 0 Å². The Bertz CT molecular complexity index is 482. The highest BCUT2D eigenvalue weighted by Crippen LogP contribution is 2.23. The highest BCUT2D eigenvalue weighted by Gasteiger charge is 2.24. The molecule has 1 fully saturated rings. The van der Waals surface area contributed by atoms with E-state index in [1.807, 2.05) is 12.1 Å². The Morgan fingerprint density at radius 1 is 1.53 bits per heavy atom. The number of amidine groups is 1. The van der Waals surface area contributed by atoms with E-state index in [1.54, 1.807) is 6.07 Å². The van der Waals surface area contributed by atoms with Gasteiger partial charge in [0.15, 0.2) is 5.84 Å². The summed E-state index contributed by atoms with van der Waals surface area (Å²) in [4.78, 5) is 2.14. The molecule has 3 N–H and O–H groups in total. The second kappa shape index (κ2) is 6.43. The number of morpholine rings is 1. The summed E-state index contributed by atoms with van der Waals surface area (Å²) >= 11 is 12.0. The molecule has 0 radical (unpaired) electrons. The number of nitrogens with zero attached hydrogens (tertiary/aromatic N) is 2. The van der Waals surface area contributed by atoms with Crippen molar-refractivity contribution in [3.63, 3.8) is 0 Å². The van der Waals surface area contributed by atoms with E-state index >= 15 is 0 Å². The summed E-state index contributed by atoms with van der Waals surface area (Å²) in [7, 11) is 0. The minimum absolute atomic E-state index is 0.0897. The molecule has 0 aromatic heterocycles. The molecular weight excluding hydrogens is 289 g/mol. The summed E-state index contributed by atoms with van der Waals surface area (Å²) in [6, 6.07) is 5.43. The van der Waals surface area contributed by atoms with Gasteiger partial charge in [-0.3, -0.25) is 4.90 Å². The topological polar surface area (TPSA) is 71.1 Å². The van der Waals surface area contributed by atoms with Crippen LogP contribution in [0.3, 0.4) is 0 Å². The second-order valence-electron chi connectivity index (χ2n) is 4.36. The van der Waals surface area contributed by atoms with E-state index in [2.05, 4.69) is 10.1 Å². The fraction of sp³-hybridized carbons (Fsp3) is 0.417. The monoisotopic (exact) mass is 303 g/mol. The van der Waals surface area contributed by atoms with Crippen molar-refractivity contribution in [3.8, 4) is 0 Å². The third kappa shape index (κ3) is 3.73. The third-order valence-electron chi connectivity index (χ3n) is 3.00. The van der Waals surface area contributed by atoms with Crippen LogP contribution in [-0.4, -0.2) is 41.7 Å². The van der Waals surface area contributed by atoms with Crippen LogP contribution in [0.4, 0.5) is 0 Å². The number of benzene rings is 1. The minimum atomic E-state index is -0.384. The number of hydrogen-bond acceptors (Lipinski definition) is 4. The maximum absolute atomic E-state index is 8.67. The van der Waals surface area contributed by atoms with Crippen molar-refractivity contribution in [3.05, 3.63) is 33.8 Å². The first-order valence-electron chi connectivity index (χ1n) is 5.85. The molecule has 0 bridgehead atoms. The molecule has 104 valence electrons. The van der Waals surface area contributed by atoms with Gasteiger partial charge in [-0.25, -0.2) is 0 Å². The Morgan fingerprint density at radius 3 is 3.00 bits per heavy atom. The third-order valence-corrected chi connectivity index (χ3v) is 3.59. The molecule has 1 heterocycles. The SMILES string of the molecule is NC(=NO)C1CN(Cc2ccc(Cl)cc2Cl)CCO1. The van der Waals surface area contributed by atoms with Gasteiger partial charge in [0.1, 0.15) is 6.10 Å². The summed E-state index contributed by atoms with van der Waals surface area (Å²) in [5.41, 5.74) is 6.55. The number of nitrogens with two attached hydrogens (primary N) is 1. The van der Waals surface area contributed by atoms with Gasteiger partial charge in [-0.15, -0.1) is 0 Å². The summed E-state index contributed by atoms with van der Waals surface area (Å²) < 4.78 is 5.44. The number of hydrogen-bond donors (Lipinski definition) is 2. The van der Waals surface area contributed by atoms with E-state index in [0.29, 0.717) is 29.7 Å². The lowest BCUT2D eigenvalue weighted by Crippen LogP contribution is -2.48. The van der Waals surface area contributed by atoms with E-state index in [9.17, 15) is 0 Å². The predicted octanol–water partition coefficient (Wildman–Crippen LogP) is 1.94. The number of halogens is 2. The molecule has 2 rings (SSSR count). The molecule has 7 heteroatoms. The molecule has 5 nitrogen and oxygen atoms in total. The van der Waals surface area contributed by atoms with Crippen molar-refractivity contribution < 1.29 is 9.94 Å². The molecule has 1 aromatic rings. The van der Waals surface area contributed by atoms with Gasteiger partial charge in [-0.05, 0) is 17.7 Å². The Hall–Kier alpha value is -1.01. The van der Waals surface area contributed by atoms with Gasteiger partial charge in [0.25, 0.3) is 0 Å². The molecule has 1 aliphatic heterocycles. The van der Waals surface area contributed by atoms with Gasteiger partial charge in [0.05, 0.1) is 6.61 Å². The van der Waals surface area contributed by atoms with Crippen LogP contribution < -0.4 is 5.73 Å². The lowest BCUT2D eigenvalue weighted by Gasteiger charge is -2.32. The molecule has 0 aliphatic carbocycles. The van der Waals surface area contributed by atoms with Crippen LogP contribution in [0.2, 0.25) is 10.0 Å². The van der Waals surface area contributed by atoms with Crippen molar-refractivity contribution in [2.45, 2.75) is 12.6 Å². The Labute approximate surface area is 121 Å². The number of rotatable bonds is 3. The van der Waals surface area contributed by atoms with Gasteiger partial charge in [-0.1, -0.05) is 34.4 Å². The zero-order valence-electron chi connectivity index (χ0n) is 10.2. The molecule has 1 aromatic carbocycles. The Morgan fingerprint density at radius 2 is 2.32 bits per heavy atom. The molecular formula is C12H15Cl2N3O2. The van der Waals surface area contributed by atoms with Crippen molar-refractivity contribution >= 4 is 29.0 Å². The first-order valence-corrected chi connectivity index (χ1v) is 6.61. The van der Waals surface area contributed by atoms with E-state index in [1.165, 1.54) is 0 Å². The second-order valence-corrected chi connectivity index (χ2v) is 5.20. The van der Waals surface area contributed by atoms with Gasteiger partial charge >= 0.3 is 0 Å². The maximum Gasteiger partial charge on any atom is 0.169 e. The highest BCUT2D eigenvalue weighted by atomic mass is 35.5. The molecule has 1 unspecified atom stereocenters. The van der Waals surface area contributed by atoms with Crippen LogP contribution in [0.15, 0.2) is 23.4 Å². The van der Waals surface area contributed by atoms with Crippen LogP contribution in [-0.2, 0) is 11.3 Å². The molecule has 0 spiro atoms.